The Hall–Kier alpha value is -2.73. The number of amides is 2. The van der Waals surface area contributed by atoms with Gasteiger partial charge in [-0.25, -0.2) is 9.48 Å². The van der Waals surface area contributed by atoms with E-state index in [9.17, 15) is 24.3 Å². The first-order chi connectivity index (χ1) is 16.1. The lowest BCUT2D eigenvalue weighted by Gasteiger charge is -2.47. The van der Waals surface area contributed by atoms with Gasteiger partial charge >= 0.3 is 5.97 Å². The highest BCUT2D eigenvalue weighted by Crippen LogP contribution is 2.49. The summed E-state index contributed by atoms with van der Waals surface area (Å²) in [5.41, 5.74) is -0.0294. The number of hydrogen-bond acceptors (Lipinski definition) is 8. The maximum Gasteiger partial charge on any atom is 0.353 e. The first kappa shape index (κ1) is 27.5. The minimum atomic E-state index is -1.14. The Bertz CT molecular complexity index is 899. The third-order valence-electron chi connectivity index (χ3n) is 5.96. The van der Waals surface area contributed by atoms with Crippen LogP contribution < -0.4 is 5.32 Å². The molecule has 2 amide bonds. The number of nitrogens with zero attached hydrogens (tertiary/aromatic N) is 5. The van der Waals surface area contributed by atoms with Crippen molar-refractivity contribution in [1.82, 2.24) is 30.1 Å². The second kappa shape index (κ2) is 12.7. The molecule has 1 unspecified atom stereocenters. The van der Waals surface area contributed by atoms with Gasteiger partial charge in [-0.2, -0.15) is 0 Å². The number of hydrogen-bond donors (Lipinski definition) is 3. The molecule has 2 N–H and O–H groups in total. The molecule has 2 fully saturated rings. The van der Waals surface area contributed by atoms with Crippen molar-refractivity contribution < 1.29 is 25.7 Å². The second-order valence-electron chi connectivity index (χ2n) is 8.90. The quantitative estimate of drug-likeness (QED) is 0.288. The molecule has 0 bridgehead atoms. The largest absolute Gasteiger partial charge is 0.477 e. The van der Waals surface area contributed by atoms with Gasteiger partial charge in [0.15, 0.2) is 5.78 Å². The Labute approximate surface area is 206 Å². The van der Waals surface area contributed by atoms with Crippen molar-refractivity contribution in [2.45, 2.75) is 45.7 Å². The maximum atomic E-state index is 12.4. The summed E-state index contributed by atoms with van der Waals surface area (Å²) in [6.07, 6.45) is 6.86. The van der Waals surface area contributed by atoms with E-state index in [-0.39, 0.29) is 55.6 Å². The van der Waals surface area contributed by atoms with Crippen molar-refractivity contribution in [2.75, 3.05) is 27.2 Å². The molecule has 0 aliphatic carbocycles. The molecule has 3 aliphatic heterocycles. The van der Waals surface area contributed by atoms with Gasteiger partial charge in [0, 0.05) is 39.0 Å². The number of nitrogens with one attached hydrogen (secondary N) is 1. The summed E-state index contributed by atoms with van der Waals surface area (Å²) >= 11 is 4.28. The van der Waals surface area contributed by atoms with E-state index in [4.69, 9.17) is 0 Å². The molecule has 4 rings (SSSR count). The van der Waals surface area contributed by atoms with Crippen LogP contribution in [0.1, 0.15) is 34.5 Å². The van der Waals surface area contributed by atoms with Crippen LogP contribution >= 0.6 is 12.6 Å². The molecule has 11 nitrogen and oxygen atoms in total. The van der Waals surface area contributed by atoms with Crippen LogP contribution in [-0.4, -0.2) is 87.2 Å². The summed E-state index contributed by atoms with van der Waals surface area (Å²) in [5.74, 6) is -2.10. The normalized spacial score (nSPS) is 23.6. The van der Waals surface area contributed by atoms with Gasteiger partial charge in [-0.3, -0.25) is 14.4 Å². The van der Waals surface area contributed by atoms with E-state index in [1.807, 2.05) is 13.8 Å². The molecule has 0 radical (unpaired) electrons. The van der Waals surface area contributed by atoms with E-state index in [2.05, 4.69) is 28.3 Å². The fourth-order valence-electron chi connectivity index (χ4n) is 4.29. The van der Waals surface area contributed by atoms with E-state index in [0.29, 0.717) is 4.91 Å². The molecule has 4 heterocycles. The molecule has 12 heteroatoms. The lowest BCUT2D eigenvalue weighted by molar-refractivity contribution is -0.160. The minimum Gasteiger partial charge on any atom is -0.477 e. The average molecular weight is 497 g/mol. The summed E-state index contributed by atoms with van der Waals surface area (Å²) in [5, 5.41) is 19.9. The molecule has 34 heavy (non-hydrogen) atoms. The predicted molar refractivity (Wildman–Crippen MR) is 130 cm³/mol. The summed E-state index contributed by atoms with van der Waals surface area (Å²) in [6.45, 7) is 6.33. The number of carboxylic acids is 1. The number of Topliss-reactive ketones (excluding diaryl/α,β-unsaturated/α-hetero) is 1. The Kier molecular flexibility index (Phi) is 10.2. The van der Waals surface area contributed by atoms with E-state index < -0.39 is 5.97 Å². The Morgan fingerprint density at radius 3 is 2.44 bits per heavy atom. The highest BCUT2D eigenvalue weighted by atomic mass is 32.1. The Balaban J connectivity index is 0.000000466. The first-order valence-electron chi connectivity index (χ1n) is 11.3. The van der Waals surface area contributed by atoms with Gasteiger partial charge in [0.25, 0.3) is 0 Å². The number of carbonyl (C=O) groups is 4. The minimum absolute atomic E-state index is 0. The summed E-state index contributed by atoms with van der Waals surface area (Å²) in [6, 6.07) is -0.231. The van der Waals surface area contributed by atoms with Gasteiger partial charge in [0.1, 0.15) is 12.2 Å². The number of rotatable bonds is 7. The fraction of sp³-hybridized carbons (Fsp3) is 0.636. The molecule has 1 aromatic heterocycles. The van der Waals surface area contributed by atoms with E-state index in [1.54, 1.807) is 20.3 Å². The zero-order chi connectivity index (χ0) is 25.4. The second-order valence-corrected chi connectivity index (χ2v) is 9.38. The number of carbonyl (C=O) groups excluding carboxylic acids is 3. The number of fused-ring (bicyclic) bond motifs is 1. The van der Waals surface area contributed by atoms with Crippen molar-refractivity contribution in [3.8, 4) is 0 Å². The molecule has 4 atom stereocenters. The van der Waals surface area contributed by atoms with Crippen molar-refractivity contribution in [3.63, 3.8) is 0 Å². The molecule has 3 aliphatic rings. The van der Waals surface area contributed by atoms with Crippen LogP contribution in [0.15, 0.2) is 23.0 Å². The monoisotopic (exact) mass is 496 g/mol. The Morgan fingerprint density at radius 2 is 2.00 bits per heavy atom. The summed E-state index contributed by atoms with van der Waals surface area (Å²) < 4.78 is 1.44. The molecule has 0 saturated carbocycles. The van der Waals surface area contributed by atoms with Gasteiger partial charge in [0.2, 0.25) is 12.3 Å². The van der Waals surface area contributed by atoms with Crippen LogP contribution in [0.25, 0.3) is 0 Å². The molecular weight excluding hydrogens is 460 g/mol. The summed E-state index contributed by atoms with van der Waals surface area (Å²) in [7, 11) is 3.38. The number of thiol groups is 1. The van der Waals surface area contributed by atoms with Gasteiger partial charge in [-0.1, -0.05) is 19.1 Å². The lowest BCUT2D eigenvalue weighted by Crippen LogP contribution is -2.62. The zero-order valence-corrected chi connectivity index (χ0v) is 20.9. The predicted octanol–water partition coefficient (Wildman–Crippen LogP) is 0.896. The summed E-state index contributed by atoms with van der Waals surface area (Å²) in [4.78, 5) is 48.6. The zero-order valence-electron chi connectivity index (χ0n) is 20.0. The topological polar surface area (TPSA) is 138 Å². The van der Waals surface area contributed by atoms with Gasteiger partial charge in [-0.05, 0) is 31.8 Å². The maximum absolute atomic E-state index is 12.4. The van der Waals surface area contributed by atoms with Crippen LogP contribution in [0.5, 0.6) is 0 Å². The molecular formula is C22H36N6O5S. The molecule has 190 valence electrons. The fourth-order valence-corrected chi connectivity index (χ4v) is 4.65. The van der Waals surface area contributed by atoms with E-state index >= 15 is 0 Å². The SMILES string of the molecule is C1CCNC1.CN(C)C=O.C[C@H]1C(S)=C(C(=O)O)N2C(=O)[C@H]([C@@H](C)CC(=O)Cn3ccnn3)C12.[HH]. The van der Waals surface area contributed by atoms with Crippen LogP contribution in [0.4, 0.5) is 0 Å². The Morgan fingerprint density at radius 1 is 1.38 bits per heavy atom. The van der Waals surface area contributed by atoms with Crippen LogP contribution in [0, 0.1) is 17.8 Å². The van der Waals surface area contributed by atoms with Crippen LogP contribution in [0.3, 0.4) is 0 Å². The first-order valence-corrected chi connectivity index (χ1v) is 11.7. The third kappa shape index (κ3) is 6.66. The lowest BCUT2D eigenvalue weighted by atomic mass is 9.73. The van der Waals surface area contributed by atoms with Gasteiger partial charge < -0.3 is 20.2 Å². The number of β-lactam (4-membered cyclic amide) rings is 1. The third-order valence-corrected chi connectivity index (χ3v) is 6.58. The van der Waals surface area contributed by atoms with Gasteiger partial charge in [0.05, 0.1) is 18.2 Å². The molecule has 2 saturated heterocycles. The van der Waals surface area contributed by atoms with Crippen molar-refractivity contribution in [3.05, 3.63) is 23.0 Å². The highest BCUT2D eigenvalue weighted by Gasteiger charge is 2.59. The number of carboxylic acid groups (broad SMARTS) is 1. The number of ketones is 1. The molecule has 1 aromatic rings. The number of aliphatic carboxylic acids is 1. The van der Waals surface area contributed by atoms with Crippen molar-refractivity contribution >= 4 is 36.7 Å². The standard InChI is InChI=1S/C15H18N4O4S.C4H9N.C3H7NO.H2/c1-7(5-9(20)6-18-4-3-16-17-18)10-11-8(2)13(24)12(15(22)23)19(11)14(10)21;1-2-4-5-3-1;1-4(2)3-5;/h3-4,7-8,10-11,24H,5-6H2,1-2H3,(H,22,23);5H,1-4H2;3H,1-2H3;1H/t7-,8+,10+,11?;;;/m0.../s1. The van der Waals surface area contributed by atoms with Crippen molar-refractivity contribution in [2.24, 2.45) is 17.8 Å². The average Bonchev–Trinajstić information content (AvgIpc) is 3.53. The van der Waals surface area contributed by atoms with Crippen LogP contribution in [-0.2, 0) is 25.7 Å². The number of aromatic nitrogens is 3. The van der Waals surface area contributed by atoms with Crippen molar-refractivity contribution in [1.29, 1.82) is 0 Å². The molecule has 0 spiro atoms. The van der Waals surface area contributed by atoms with E-state index in [1.165, 1.54) is 46.6 Å². The van der Waals surface area contributed by atoms with Gasteiger partial charge in [-0.15, -0.1) is 17.7 Å². The smallest absolute Gasteiger partial charge is 0.353 e. The highest BCUT2D eigenvalue weighted by molar-refractivity contribution is 7.84. The van der Waals surface area contributed by atoms with E-state index in [0.717, 1.165) is 6.41 Å². The molecule has 0 aromatic carbocycles. The van der Waals surface area contributed by atoms with Crippen LogP contribution in [0.2, 0.25) is 0 Å².